The van der Waals surface area contributed by atoms with Crippen LogP contribution in [-0.4, -0.2) is 38.2 Å². The van der Waals surface area contributed by atoms with Crippen molar-refractivity contribution < 1.29 is 19.1 Å². The van der Waals surface area contributed by atoms with Crippen LogP contribution in [0.3, 0.4) is 0 Å². The average Bonchev–Trinajstić information content (AvgIpc) is 2.59. The van der Waals surface area contributed by atoms with E-state index >= 15 is 0 Å². The summed E-state index contributed by atoms with van der Waals surface area (Å²) in [4.78, 5) is 23.8. The number of benzene rings is 1. The van der Waals surface area contributed by atoms with Crippen molar-refractivity contribution in [1.29, 1.82) is 0 Å². The van der Waals surface area contributed by atoms with Gasteiger partial charge in [-0.1, -0.05) is 25.1 Å². The summed E-state index contributed by atoms with van der Waals surface area (Å²) in [5, 5.41) is 2.62. The summed E-state index contributed by atoms with van der Waals surface area (Å²) in [5.41, 5.74) is 7.39. The van der Waals surface area contributed by atoms with Gasteiger partial charge in [0.15, 0.2) is 0 Å². The molecule has 1 aromatic carbocycles. The summed E-state index contributed by atoms with van der Waals surface area (Å²) in [6.07, 6.45) is 2.11. The van der Waals surface area contributed by atoms with Crippen LogP contribution in [0.15, 0.2) is 30.9 Å². The predicted octanol–water partition coefficient (Wildman–Crippen LogP) is 1.53. The number of esters is 1. The van der Waals surface area contributed by atoms with Gasteiger partial charge in [0, 0.05) is 17.9 Å². The molecule has 1 amide bonds. The summed E-state index contributed by atoms with van der Waals surface area (Å²) in [5.74, 6) is -0.0766. The Morgan fingerprint density at radius 3 is 2.50 bits per heavy atom. The minimum atomic E-state index is -0.797. The van der Waals surface area contributed by atoms with Gasteiger partial charge in [-0.2, -0.15) is 0 Å². The highest BCUT2D eigenvalue weighted by atomic mass is 16.5. The monoisotopic (exact) mass is 334 g/mol. The molecule has 1 aromatic rings. The van der Waals surface area contributed by atoms with E-state index in [4.69, 9.17) is 15.2 Å². The quantitative estimate of drug-likeness (QED) is 0.556. The van der Waals surface area contributed by atoms with Crippen LogP contribution in [0.2, 0.25) is 0 Å². The second kappa shape index (κ2) is 9.08. The van der Waals surface area contributed by atoms with Crippen molar-refractivity contribution in [2.75, 3.05) is 14.2 Å². The van der Waals surface area contributed by atoms with E-state index in [1.54, 1.807) is 14.0 Å². The van der Waals surface area contributed by atoms with E-state index in [-0.39, 0.29) is 5.92 Å². The number of nitrogens with one attached hydrogen (secondary N) is 1. The van der Waals surface area contributed by atoms with E-state index in [0.29, 0.717) is 6.42 Å². The molecule has 6 heteroatoms. The Morgan fingerprint density at radius 2 is 2.00 bits per heavy atom. The molecule has 132 valence electrons. The van der Waals surface area contributed by atoms with Gasteiger partial charge >= 0.3 is 5.97 Å². The van der Waals surface area contributed by atoms with Crippen molar-refractivity contribution >= 4 is 11.9 Å². The van der Waals surface area contributed by atoms with Crippen molar-refractivity contribution in [3.63, 3.8) is 0 Å². The van der Waals surface area contributed by atoms with E-state index in [1.807, 2.05) is 31.2 Å². The third-order valence-corrected chi connectivity index (χ3v) is 3.79. The lowest BCUT2D eigenvalue weighted by Crippen LogP contribution is -2.48. The highest BCUT2D eigenvalue weighted by molar-refractivity contribution is 5.87. The predicted molar refractivity (Wildman–Crippen MR) is 92.9 cm³/mol. The van der Waals surface area contributed by atoms with E-state index in [2.05, 4.69) is 11.9 Å². The fourth-order valence-electron chi connectivity index (χ4n) is 2.27. The number of carbonyl (C=O) groups is 2. The van der Waals surface area contributed by atoms with Gasteiger partial charge in [0.1, 0.15) is 11.8 Å². The number of hydrogen-bond donors (Lipinski definition) is 2. The Balaban J connectivity index is 3.07. The highest BCUT2D eigenvalue weighted by Crippen LogP contribution is 2.28. The molecule has 0 spiro atoms. The van der Waals surface area contributed by atoms with E-state index in [0.717, 1.165) is 16.9 Å². The SMILES string of the molecule is C=CC(C)c1cc(C[C@H](NC(=O)[C@H](C)N)C(=O)OC)ccc1OC. The van der Waals surface area contributed by atoms with E-state index in [9.17, 15) is 9.59 Å². The molecule has 0 aliphatic carbocycles. The smallest absolute Gasteiger partial charge is 0.328 e. The van der Waals surface area contributed by atoms with Crippen LogP contribution in [0, 0.1) is 0 Å². The van der Waals surface area contributed by atoms with Crippen LogP contribution < -0.4 is 15.8 Å². The Labute approximate surface area is 143 Å². The molecule has 0 saturated heterocycles. The number of allylic oxidation sites excluding steroid dienone is 1. The fourth-order valence-corrected chi connectivity index (χ4v) is 2.27. The molecule has 0 heterocycles. The molecular weight excluding hydrogens is 308 g/mol. The third kappa shape index (κ3) is 5.09. The molecule has 0 saturated carbocycles. The Kier molecular flexibility index (Phi) is 7.45. The van der Waals surface area contributed by atoms with Crippen molar-refractivity contribution in [1.82, 2.24) is 5.32 Å². The minimum absolute atomic E-state index is 0.0927. The molecule has 24 heavy (non-hydrogen) atoms. The Morgan fingerprint density at radius 1 is 1.33 bits per heavy atom. The maximum absolute atomic E-state index is 12.0. The first kappa shape index (κ1) is 19.7. The van der Waals surface area contributed by atoms with Crippen LogP contribution in [0.1, 0.15) is 30.9 Å². The number of hydrogen-bond acceptors (Lipinski definition) is 5. The zero-order valence-corrected chi connectivity index (χ0v) is 14.7. The Hall–Kier alpha value is -2.34. The number of rotatable bonds is 8. The zero-order valence-electron chi connectivity index (χ0n) is 14.7. The molecule has 0 fully saturated rings. The first-order valence-corrected chi connectivity index (χ1v) is 7.77. The zero-order chi connectivity index (χ0) is 18.3. The van der Waals surface area contributed by atoms with Gasteiger partial charge in [0.05, 0.1) is 20.3 Å². The maximum Gasteiger partial charge on any atom is 0.328 e. The molecule has 3 N–H and O–H groups in total. The van der Waals surface area contributed by atoms with Crippen LogP contribution >= 0.6 is 0 Å². The standard InChI is InChI=1S/C18H26N2O4/c1-6-11(2)14-9-13(7-8-16(14)23-4)10-15(18(22)24-5)20-17(21)12(3)19/h6-9,11-12,15H,1,10,19H2,2-5H3,(H,20,21)/t11?,12-,15-/m0/s1. The van der Waals surface area contributed by atoms with Crippen LogP contribution in [0.4, 0.5) is 0 Å². The topological polar surface area (TPSA) is 90.7 Å². The number of carbonyl (C=O) groups excluding carboxylic acids is 2. The lowest BCUT2D eigenvalue weighted by molar-refractivity contribution is -0.145. The molecule has 6 nitrogen and oxygen atoms in total. The maximum atomic E-state index is 12.0. The summed E-state index contributed by atoms with van der Waals surface area (Å²) in [7, 11) is 2.89. The Bertz CT molecular complexity index is 599. The normalized spacial score (nSPS) is 14.2. The van der Waals surface area contributed by atoms with Gasteiger partial charge < -0.3 is 20.5 Å². The number of amides is 1. The number of ether oxygens (including phenoxy) is 2. The van der Waals surface area contributed by atoms with Crippen molar-refractivity contribution in [3.05, 3.63) is 42.0 Å². The fraction of sp³-hybridized carbons (Fsp3) is 0.444. The summed E-state index contributed by atoms with van der Waals surface area (Å²) >= 11 is 0. The van der Waals surface area contributed by atoms with E-state index < -0.39 is 24.0 Å². The van der Waals surface area contributed by atoms with Gasteiger partial charge in [-0.05, 0) is 18.6 Å². The summed E-state index contributed by atoms with van der Waals surface area (Å²) < 4.78 is 10.1. The van der Waals surface area contributed by atoms with Crippen molar-refractivity contribution in [2.24, 2.45) is 5.73 Å². The summed E-state index contributed by atoms with van der Waals surface area (Å²) in [6, 6.07) is 4.13. The molecule has 0 aliphatic heterocycles. The second-order valence-electron chi connectivity index (χ2n) is 5.68. The lowest BCUT2D eigenvalue weighted by atomic mass is 9.95. The van der Waals surface area contributed by atoms with Crippen molar-refractivity contribution in [3.8, 4) is 5.75 Å². The number of methoxy groups -OCH3 is 2. The third-order valence-electron chi connectivity index (χ3n) is 3.79. The van der Waals surface area contributed by atoms with E-state index in [1.165, 1.54) is 7.11 Å². The molecule has 1 rings (SSSR count). The minimum Gasteiger partial charge on any atom is -0.496 e. The van der Waals surface area contributed by atoms with Crippen molar-refractivity contribution in [2.45, 2.75) is 38.3 Å². The first-order chi connectivity index (χ1) is 11.3. The lowest BCUT2D eigenvalue weighted by Gasteiger charge is -2.19. The van der Waals surface area contributed by atoms with Gasteiger partial charge in [-0.15, -0.1) is 6.58 Å². The average molecular weight is 334 g/mol. The molecule has 3 atom stereocenters. The highest BCUT2D eigenvalue weighted by Gasteiger charge is 2.24. The second-order valence-corrected chi connectivity index (χ2v) is 5.68. The first-order valence-electron chi connectivity index (χ1n) is 7.77. The van der Waals surface area contributed by atoms with Gasteiger partial charge in [-0.3, -0.25) is 4.79 Å². The van der Waals surface area contributed by atoms with Crippen LogP contribution in [0.5, 0.6) is 5.75 Å². The molecule has 0 aliphatic rings. The number of nitrogens with two attached hydrogens (primary N) is 1. The van der Waals surface area contributed by atoms with Gasteiger partial charge in [0.2, 0.25) is 5.91 Å². The molecule has 0 aromatic heterocycles. The molecular formula is C18H26N2O4. The molecule has 0 bridgehead atoms. The molecule has 1 unspecified atom stereocenters. The van der Waals surface area contributed by atoms with Crippen LogP contribution in [0.25, 0.3) is 0 Å². The largest absolute Gasteiger partial charge is 0.496 e. The molecule has 0 radical (unpaired) electrons. The van der Waals surface area contributed by atoms with Gasteiger partial charge in [-0.25, -0.2) is 4.79 Å². The van der Waals surface area contributed by atoms with Gasteiger partial charge in [0.25, 0.3) is 0 Å². The summed E-state index contributed by atoms with van der Waals surface area (Å²) in [6.45, 7) is 7.36. The van der Waals surface area contributed by atoms with Crippen LogP contribution in [-0.2, 0) is 20.7 Å².